The van der Waals surface area contributed by atoms with Gasteiger partial charge in [-0.3, -0.25) is 4.79 Å². The molecule has 1 atom stereocenters. The maximum absolute atomic E-state index is 10.7. The number of hydrogen-bond acceptors (Lipinski definition) is 6. The predicted molar refractivity (Wildman–Crippen MR) is 34.6 cm³/mol. The average molecular weight is 178 g/mol. The lowest BCUT2D eigenvalue weighted by molar-refractivity contribution is -0.386. The summed E-state index contributed by atoms with van der Waals surface area (Å²) in [6.45, 7) is 0. The fourth-order valence-corrected chi connectivity index (χ4v) is 1.06. The Balaban J connectivity index is 2.96. The second-order valence-corrected chi connectivity index (χ2v) is 2.91. The van der Waals surface area contributed by atoms with E-state index in [9.17, 15) is 4.79 Å². The van der Waals surface area contributed by atoms with Crippen molar-refractivity contribution in [3.05, 3.63) is 0 Å². The Morgan fingerprint density at radius 2 is 1.75 bits per heavy atom. The molecule has 1 rings (SSSR count). The molecule has 0 radical (unpaired) electrons. The first-order chi connectivity index (χ1) is 5.29. The van der Waals surface area contributed by atoms with Gasteiger partial charge in [-0.2, -0.15) is 0 Å². The summed E-state index contributed by atoms with van der Waals surface area (Å²) in [5, 5.41) is 44.6. The van der Waals surface area contributed by atoms with Gasteiger partial charge in [0.05, 0.1) is 0 Å². The number of Topliss-reactive ketones (excluding diaryl/α,β-unsaturated/α-hetero) is 1. The minimum Gasteiger partial charge on any atom is -0.380 e. The molecule has 0 bridgehead atoms. The van der Waals surface area contributed by atoms with Gasteiger partial charge in [0, 0.05) is 12.8 Å². The minimum absolute atomic E-state index is 0.295. The van der Waals surface area contributed by atoms with Gasteiger partial charge in [0.1, 0.15) is 0 Å². The predicted octanol–water partition coefficient (Wildman–Crippen LogP) is -2.93. The number of hydrogen-bond donors (Lipinski definition) is 5. The molecule has 0 amide bonds. The standard InChI is InChI=1S/C6H10O6/c7-3-1-2-5(9,10)6(11,12)4(3)8/h4,8-12H,1-2H2. The number of carbonyl (C=O) groups is 1. The normalized spacial score (nSPS) is 33.4. The van der Waals surface area contributed by atoms with Crippen LogP contribution in [0.1, 0.15) is 12.8 Å². The molecule has 0 saturated heterocycles. The van der Waals surface area contributed by atoms with E-state index in [1.807, 2.05) is 0 Å². The van der Waals surface area contributed by atoms with Crippen molar-refractivity contribution in [2.24, 2.45) is 0 Å². The van der Waals surface area contributed by atoms with Crippen LogP contribution in [0.5, 0.6) is 0 Å². The van der Waals surface area contributed by atoms with Crippen molar-refractivity contribution in [2.45, 2.75) is 30.5 Å². The van der Waals surface area contributed by atoms with E-state index in [1.54, 1.807) is 0 Å². The lowest BCUT2D eigenvalue weighted by Crippen LogP contribution is -2.66. The molecule has 12 heavy (non-hydrogen) atoms. The SMILES string of the molecule is O=C1CCC(O)(O)C(O)(O)C1O. The lowest BCUT2D eigenvalue weighted by atomic mass is 9.85. The van der Waals surface area contributed by atoms with Crippen LogP contribution in [0.15, 0.2) is 0 Å². The Morgan fingerprint density at radius 3 is 2.17 bits per heavy atom. The van der Waals surface area contributed by atoms with Gasteiger partial charge >= 0.3 is 0 Å². The first-order valence-corrected chi connectivity index (χ1v) is 3.39. The van der Waals surface area contributed by atoms with Crippen molar-refractivity contribution in [2.75, 3.05) is 0 Å². The summed E-state index contributed by atoms with van der Waals surface area (Å²) in [4.78, 5) is 10.7. The van der Waals surface area contributed by atoms with Crippen LogP contribution < -0.4 is 0 Å². The topological polar surface area (TPSA) is 118 Å². The summed E-state index contributed by atoms with van der Waals surface area (Å²) in [7, 11) is 0. The van der Waals surface area contributed by atoms with Gasteiger partial charge in [-0.05, 0) is 0 Å². The van der Waals surface area contributed by atoms with Crippen LogP contribution in [0, 0.1) is 0 Å². The van der Waals surface area contributed by atoms with Crippen LogP contribution in [-0.4, -0.2) is 49.0 Å². The second-order valence-electron chi connectivity index (χ2n) is 2.91. The van der Waals surface area contributed by atoms with E-state index < -0.39 is 29.9 Å². The molecular formula is C6H10O6. The maximum atomic E-state index is 10.7. The summed E-state index contributed by atoms with van der Waals surface area (Å²) < 4.78 is 0. The van der Waals surface area contributed by atoms with Gasteiger partial charge in [-0.1, -0.05) is 0 Å². The molecule has 6 nitrogen and oxygen atoms in total. The van der Waals surface area contributed by atoms with Gasteiger partial charge in [0.2, 0.25) is 5.79 Å². The number of carbonyl (C=O) groups excluding carboxylic acids is 1. The minimum atomic E-state index is -3.18. The molecule has 0 heterocycles. The largest absolute Gasteiger partial charge is 0.380 e. The van der Waals surface area contributed by atoms with Gasteiger partial charge in [-0.15, -0.1) is 0 Å². The second kappa shape index (κ2) is 2.48. The Hall–Kier alpha value is -0.530. The molecule has 0 aromatic heterocycles. The van der Waals surface area contributed by atoms with E-state index in [-0.39, 0.29) is 6.42 Å². The van der Waals surface area contributed by atoms with E-state index >= 15 is 0 Å². The molecule has 0 aromatic rings. The molecule has 1 aliphatic rings. The van der Waals surface area contributed by atoms with Crippen molar-refractivity contribution >= 4 is 5.78 Å². The zero-order valence-corrected chi connectivity index (χ0v) is 6.14. The number of aliphatic hydroxyl groups is 5. The molecular weight excluding hydrogens is 168 g/mol. The van der Waals surface area contributed by atoms with E-state index in [4.69, 9.17) is 25.5 Å². The zero-order valence-electron chi connectivity index (χ0n) is 6.14. The molecule has 1 unspecified atom stereocenters. The molecule has 1 aliphatic carbocycles. The maximum Gasteiger partial charge on any atom is 0.252 e. The van der Waals surface area contributed by atoms with Gasteiger partial charge in [0.15, 0.2) is 11.9 Å². The highest BCUT2D eigenvalue weighted by Crippen LogP contribution is 2.31. The van der Waals surface area contributed by atoms with E-state index in [1.165, 1.54) is 0 Å². The highest BCUT2D eigenvalue weighted by Gasteiger charge is 2.58. The third-order valence-corrected chi connectivity index (χ3v) is 2.00. The van der Waals surface area contributed by atoms with Crippen molar-refractivity contribution in [1.82, 2.24) is 0 Å². The average Bonchev–Trinajstić information content (AvgIpc) is 1.96. The molecule has 1 saturated carbocycles. The summed E-state index contributed by atoms with van der Waals surface area (Å²) in [5.74, 6) is -6.83. The summed E-state index contributed by atoms with van der Waals surface area (Å²) in [6, 6.07) is 0. The Morgan fingerprint density at radius 1 is 1.25 bits per heavy atom. The number of ketones is 1. The quantitative estimate of drug-likeness (QED) is 0.253. The first-order valence-electron chi connectivity index (χ1n) is 3.39. The molecule has 0 aromatic carbocycles. The smallest absolute Gasteiger partial charge is 0.252 e. The Bertz CT molecular complexity index is 208. The van der Waals surface area contributed by atoms with Gasteiger partial charge in [-0.25, -0.2) is 0 Å². The van der Waals surface area contributed by atoms with Crippen LogP contribution in [-0.2, 0) is 4.79 Å². The molecule has 0 spiro atoms. The van der Waals surface area contributed by atoms with Crippen molar-refractivity contribution in [1.29, 1.82) is 0 Å². The lowest BCUT2D eigenvalue weighted by Gasteiger charge is -2.40. The first kappa shape index (κ1) is 9.56. The zero-order chi connectivity index (χ0) is 9.57. The fraction of sp³-hybridized carbons (Fsp3) is 0.833. The van der Waals surface area contributed by atoms with Gasteiger partial charge < -0.3 is 25.5 Å². The Kier molecular flexibility index (Phi) is 1.97. The molecule has 1 fully saturated rings. The molecule has 5 N–H and O–H groups in total. The van der Waals surface area contributed by atoms with Crippen molar-refractivity contribution in [3.8, 4) is 0 Å². The summed E-state index contributed by atoms with van der Waals surface area (Å²) in [5.41, 5.74) is 0. The van der Waals surface area contributed by atoms with Crippen molar-refractivity contribution in [3.63, 3.8) is 0 Å². The third-order valence-electron chi connectivity index (χ3n) is 2.00. The highest BCUT2D eigenvalue weighted by molar-refractivity contribution is 5.85. The van der Waals surface area contributed by atoms with E-state index in [0.717, 1.165) is 0 Å². The fourth-order valence-electron chi connectivity index (χ4n) is 1.06. The van der Waals surface area contributed by atoms with E-state index in [0.29, 0.717) is 0 Å². The molecule has 6 heteroatoms. The molecule has 70 valence electrons. The molecule has 0 aliphatic heterocycles. The van der Waals surface area contributed by atoms with Gasteiger partial charge in [0.25, 0.3) is 5.79 Å². The summed E-state index contributed by atoms with van der Waals surface area (Å²) >= 11 is 0. The van der Waals surface area contributed by atoms with Crippen LogP contribution in [0.2, 0.25) is 0 Å². The number of rotatable bonds is 0. The summed E-state index contributed by atoms with van der Waals surface area (Å²) in [6.07, 6.45) is -2.96. The highest BCUT2D eigenvalue weighted by atomic mass is 16.6. The van der Waals surface area contributed by atoms with Crippen molar-refractivity contribution < 1.29 is 30.3 Å². The van der Waals surface area contributed by atoms with Crippen LogP contribution >= 0.6 is 0 Å². The van der Waals surface area contributed by atoms with E-state index in [2.05, 4.69) is 0 Å². The van der Waals surface area contributed by atoms with Crippen LogP contribution in [0.25, 0.3) is 0 Å². The monoisotopic (exact) mass is 178 g/mol. The Labute approximate surface area is 67.7 Å². The van der Waals surface area contributed by atoms with Crippen LogP contribution in [0.4, 0.5) is 0 Å². The number of aliphatic hydroxyl groups excluding tert-OH is 1. The van der Waals surface area contributed by atoms with Crippen LogP contribution in [0.3, 0.4) is 0 Å². The third kappa shape index (κ3) is 1.13.